The molecule has 2 aromatic heterocycles. The first kappa shape index (κ1) is 25.0. The molecule has 0 unspecified atom stereocenters. The first-order valence-corrected chi connectivity index (χ1v) is 11.6. The number of methoxy groups -OCH3 is 2. The quantitative estimate of drug-likeness (QED) is 0.547. The summed E-state index contributed by atoms with van der Waals surface area (Å²) in [6.07, 6.45) is -0.344. The molecule has 0 aliphatic carbocycles. The lowest BCUT2D eigenvalue weighted by Gasteiger charge is -2.12. The molecular formula is C23H28ClN5O3S. The maximum absolute atomic E-state index is 10.4. The number of thiophene rings is 1. The van der Waals surface area contributed by atoms with Crippen LogP contribution in [0.1, 0.15) is 40.1 Å². The van der Waals surface area contributed by atoms with E-state index in [2.05, 4.69) is 40.0 Å². The predicted molar refractivity (Wildman–Crippen MR) is 131 cm³/mol. The average Bonchev–Trinajstić information content (AvgIpc) is 3.22. The van der Waals surface area contributed by atoms with Crippen LogP contribution in [-0.2, 0) is 20.8 Å². The largest absolute Gasteiger partial charge is 0.354 e. The standard InChI is InChI=1S/C17H15ClN4S.C6H13NO3/c1-9-10(2)23-17-15(9)16(12-5-4-6-13(18)7-12)19-8-14-21-20-11(3)22(14)17;1-5(8)7-4-6(9-2)10-3/h4-7H,8H2,1-3H3;6H,4H2,1-3H3,(H,7,8). The number of aryl methyl sites for hydroxylation is 2. The van der Waals surface area contributed by atoms with Crippen molar-refractivity contribution in [1.82, 2.24) is 20.1 Å². The molecule has 1 N–H and O–H groups in total. The van der Waals surface area contributed by atoms with Crippen LogP contribution in [0.15, 0.2) is 29.3 Å². The second-order valence-corrected chi connectivity index (χ2v) is 9.12. The van der Waals surface area contributed by atoms with Gasteiger partial charge in [0.15, 0.2) is 12.1 Å². The van der Waals surface area contributed by atoms with E-state index in [1.165, 1.54) is 31.6 Å². The Morgan fingerprint density at radius 1 is 1.24 bits per heavy atom. The van der Waals surface area contributed by atoms with Gasteiger partial charge in [0.05, 0.1) is 12.3 Å². The molecule has 33 heavy (non-hydrogen) atoms. The molecule has 1 aromatic carbocycles. The van der Waals surface area contributed by atoms with Crippen molar-refractivity contribution in [3.8, 4) is 5.00 Å². The fourth-order valence-corrected chi connectivity index (χ4v) is 4.82. The van der Waals surface area contributed by atoms with Crippen LogP contribution < -0.4 is 5.32 Å². The minimum Gasteiger partial charge on any atom is -0.354 e. The number of nitrogens with zero attached hydrogens (tertiary/aromatic N) is 4. The third-order valence-corrected chi connectivity index (χ3v) is 6.65. The third kappa shape index (κ3) is 5.67. The topological polar surface area (TPSA) is 90.6 Å². The van der Waals surface area contributed by atoms with Gasteiger partial charge in [0.2, 0.25) is 5.91 Å². The normalized spacial score (nSPS) is 12.3. The van der Waals surface area contributed by atoms with E-state index >= 15 is 0 Å². The summed E-state index contributed by atoms with van der Waals surface area (Å²) in [5.74, 6) is 1.69. The van der Waals surface area contributed by atoms with Gasteiger partial charge in [-0.3, -0.25) is 14.4 Å². The molecule has 8 nitrogen and oxygen atoms in total. The molecule has 0 saturated carbocycles. The van der Waals surface area contributed by atoms with Crippen molar-refractivity contribution in [3.05, 3.63) is 62.5 Å². The molecule has 1 aliphatic heterocycles. The maximum atomic E-state index is 10.4. The lowest BCUT2D eigenvalue weighted by Crippen LogP contribution is -2.32. The number of hydrogen-bond donors (Lipinski definition) is 1. The number of rotatable bonds is 5. The molecule has 0 radical (unpaired) electrons. The zero-order valence-corrected chi connectivity index (χ0v) is 21.2. The van der Waals surface area contributed by atoms with Crippen molar-refractivity contribution >= 4 is 34.6 Å². The van der Waals surface area contributed by atoms with Crippen LogP contribution in [0.4, 0.5) is 0 Å². The Balaban J connectivity index is 0.000000262. The Bertz CT molecular complexity index is 1170. The van der Waals surface area contributed by atoms with Gasteiger partial charge in [0.1, 0.15) is 17.4 Å². The number of ether oxygens (including phenoxy) is 2. The van der Waals surface area contributed by atoms with Gasteiger partial charge in [-0.2, -0.15) is 0 Å². The minimum absolute atomic E-state index is 0.0842. The van der Waals surface area contributed by atoms with Crippen LogP contribution in [0, 0.1) is 20.8 Å². The van der Waals surface area contributed by atoms with Gasteiger partial charge in [-0.25, -0.2) is 0 Å². The van der Waals surface area contributed by atoms with E-state index in [1.807, 2.05) is 25.1 Å². The number of aliphatic imine (C=N–C) groups is 1. The molecule has 0 spiro atoms. The van der Waals surface area contributed by atoms with Crippen LogP contribution in [0.25, 0.3) is 5.00 Å². The summed E-state index contributed by atoms with van der Waals surface area (Å²) in [7, 11) is 3.05. The minimum atomic E-state index is -0.344. The van der Waals surface area contributed by atoms with Crippen LogP contribution in [0.3, 0.4) is 0 Å². The van der Waals surface area contributed by atoms with Gasteiger partial charge < -0.3 is 14.8 Å². The van der Waals surface area contributed by atoms with E-state index in [9.17, 15) is 4.79 Å². The molecule has 1 amide bonds. The summed E-state index contributed by atoms with van der Waals surface area (Å²) in [6, 6.07) is 7.87. The fourth-order valence-electron chi connectivity index (χ4n) is 3.41. The number of nitrogens with one attached hydrogen (secondary N) is 1. The monoisotopic (exact) mass is 489 g/mol. The molecule has 4 rings (SSSR count). The summed E-state index contributed by atoms with van der Waals surface area (Å²) >= 11 is 7.95. The molecule has 10 heteroatoms. The highest BCUT2D eigenvalue weighted by atomic mass is 35.5. The summed E-state index contributed by atoms with van der Waals surface area (Å²) in [4.78, 5) is 16.5. The van der Waals surface area contributed by atoms with Gasteiger partial charge >= 0.3 is 0 Å². The Morgan fingerprint density at radius 2 is 1.97 bits per heavy atom. The Kier molecular flexibility index (Phi) is 8.36. The number of halogens is 1. The SMILES string of the molecule is COC(CNC(C)=O)OC.Cc1sc2c(c1C)C(c1cccc(Cl)c1)=NCc1nnc(C)n1-2. The molecule has 176 valence electrons. The van der Waals surface area contributed by atoms with E-state index in [-0.39, 0.29) is 12.2 Å². The van der Waals surface area contributed by atoms with E-state index in [1.54, 1.807) is 11.3 Å². The highest BCUT2D eigenvalue weighted by molar-refractivity contribution is 7.15. The van der Waals surface area contributed by atoms with Crippen molar-refractivity contribution in [2.24, 2.45) is 4.99 Å². The lowest BCUT2D eigenvalue weighted by atomic mass is 10.00. The third-order valence-electron chi connectivity index (χ3n) is 5.22. The van der Waals surface area contributed by atoms with Crippen LogP contribution in [0.2, 0.25) is 5.02 Å². The van der Waals surface area contributed by atoms with Crippen LogP contribution >= 0.6 is 22.9 Å². The number of hydrogen-bond acceptors (Lipinski definition) is 7. The fraction of sp³-hybridized carbons (Fsp3) is 0.391. The number of fused-ring (bicyclic) bond motifs is 3. The van der Waals surface area contributed by atoms with Gasteiger partial charge in [-0.1, -0.05) is 23.7 Å². The van der Waals surface area contributed by atoms with E-state index in [0.717, 1.165) is 38.5 Å². The first-order valence-electron chi connectivity index (χ1n) is 10.4. The second kappa shape index (κ2) is 11.0. The van der Waals surface area contributed by atoms with Crippen molar-refractivity contribution in [1.29, 1.82) is 0 Å². The molecule has 0 fully saturated rings. The summed E-state index contributed by atoms with van der Waals surface area (Å²) in [6.45, 7) is 8.63. The highest BCUT2D eigenvalue weighted by Crippen LogP contribution is 2.36. The van der Waals surface area contributed by atoms with Gasteiger partial charge in [0, 0.05) is 42.2 Å². The lowest BCUT2D eigenvalue weighted by molar-refractivity contribution is -0.125. The Hall–Kier alpha value is -2.59. The molecule has 1 aliphatic rings. The maximum Gasteiger partial charge on any atom is 0.217 e. The zero-order chi connectivity index (χ0) is 24.1. The first-order chi connectivity index (χ1) is 15.8. The van der Waals surface area contributed by atoms with Crippen LogP contribution in [-0.4, -0.2) is 53.4 Å². The Labute approximate surface area is 202 Å². The molecular weight excluding hydrogens is 462 g/mol. The van der Waals surface area contributed by atoms with Crippen molar-refractivity contribution in [2.45, 2.75) is 40.5 Å². The number of carbonyl (C=O) groups is 1. The summed E-state index contributed by atoms with van der Waals surface area (Å²) in [5.41, 5.74) is 4.44. The summed E-state index contributed by atoms with van der Waals surface area (Å²) in [5, 5.41) is 12.9. The number of aromatic nitrogens is 3. The smallest absolute Gasteiger partial charge is 0.217 e. The number of amides is 1. The molecule has 0 saturated heterocycles. The van der Waals surface area contributed by atoms with Crippen LogP contribution in [0.5, 0.6) is 0 Å². The van der Waals surface area contributed by atoms with Gasteiger partial charge in [-0.05, 0) is 38.5 Å². The van der Waals surface area contributed by atoms with E-state index in [4.69, 9.17) is 26.1 Å². The number of carbonyl (C=O) groups excluding carboxylic acids is 1. The molecule has 0 atom stereocenters. The van der Waals surface area contributed by atoms with Gasteiger partial charge in [-0.15, -0.1) is 21.5 Å². The predicted octanol–water partition coefficient (Wildman–Crippen LogP) is 4.00. The molecule has 0 bridgehead atoms. The average molecular weight is 490 g/mol. The summed E-state index contributed by atoms with van der Waals surface area (Å²) < 4.78 is 11.8. The highest BCUT2D eigenvalue weighted by Gasteiger charge is 2.26. The van der Waals surface area contributed by atoms with Gasteiger partial charge in [0.25, 0.3) is 0 Å². The molecule has 3 heterocycles. The zero-order valence-electron chi connectivity index (χ0n) is 19.6. The van der Waals surface area contributed by atoms with Crippen molar-refractivity contribution in [2.75, 3.05) is 20.8 Å². The van der Waals surface area contributed by atoms with E-state index < -0.39 is 0 Å². The second-order valence-electron chi connectivity index (χ2n) is 7.48. The van der Waals surface area contributed by atoms with Crippen molar-refractivity contribution < 1.29 is 14.3 Å². The van der Waals surface area contributed by atoms with Crippen molar-refractivity contribution in [3.63, 3.8) is 0 Å². The Morgan fingerprint density at radius 3 is 2.61 bits per heavy atom. The van der Waals surface area contributed by atoms with E-state index in [0.29, 0.717) is 13.1 Å². The number of benzene rings is 1. The molecule has 3 aromatic rings.